The monoisotopic (exact) mass is 329 g/mol. The molecule has 24 heavy (non-hydrogen) atoms. The SMILES string of the molecule is COCCNc1ccc(C(=O)NCCc2ccc(OC)cc2)nc1. The first-order valence-electron chi connectivity index (χ1n) is 7.83. The summed E-state index contributed by atoms with van der Waals surface area (Å²) in [6.45, 7) is 1.87. The summed E-state index contributed by atoms with van der Waals surface area (Å²) in [7, 11) is 3.29. The Morgan fingerprint density at radius 1 is 1.08 bits per heavy atom. The van der Waals surface area contributed by atoms with E-state index in [4.69, 9.17) is 9.47 Å². The maximum atomic E-state index is 12.1. The molecule has 0 bridgehead atoms. The number of hydrogen-bond donors (Lipinski definition) is 2. The Hall–Kier alpha value is -2.60. The van der Waals surface area contributed by atoms with E-state index >= 15 is 0 Å². The van der Waals surface area contributed by atoms with Gasteiger partial charge >= 0.3 is 0 Å². The van der Waals surface area contributed by atoms with Crippen LogP contribution in [0.2, 0.25) is 0 Å². The lowest BCUT2D eigenvalue weighted by Gasteiger charge is -2.08. The Balaban J connectivity index is 1.77. The van der Waals surface area contributed by atoms with Crippen LogP contribution in [0.5, 0.6) is 5.75 Å². The van der Waals surface area contributed by atoms with Gasteiger partial charge < -0.3 is 20.1 Å². The average Bonchev–Trinajstić information content (AvgIpc) is 2.63. The first-order valence-corrected chi connectivity index (χ1v) is 7.83. The Morgan fingerprint density at radius 2 is 1.88 bits per heavy atom. The minimum Gasteiger partial charge on any atom is -0.497 e. The zero-order valence-electron chi connectivity index (χ0n) is 14.0. The van der Waals surface area contributed by atoms with Crippen LogP contribution in [0, 0.1) is 0 Å². The fraction of sp³-hybridized carbons (Fsp3) is 0.333. The van der Waals surface area contributed by atoms with Gasteiger partial charge in [-0.3, -0.25) is 4.79 Å². The summed E-state index contributed by atoms with van der Waals surface area (Å²) >= 11 is 0. The van der Waals surface area contributed by atoms with Crippen molar-refractivity contribution in [2.45, 2.75) is 6.42 Å². The van der Waals surface area contributed by atoms with Gasteiger partial charge in [0.2, 0.25) is 0 Å². The molecule has 2 N–H and O–H groups in total. The molecule has 0 saturated carbocycles. The Bertz CT molecular complexity index is 627. The van der Waals surface area contributed by atoms with Crippen molar-refractivity contribution in [3.8, 4) is 5.75 Å². The Kier molecular flexibility index (Phi) is 7.04. The quantitative estimate of drug-likeness (QED) is 0.690. The van der Waals surface area contributed by atoms with Crippen molar-refractivity contribution < 1.29 is 14.3 Å². The molecule has 1 aromatic carbocycles. The van der Waals surface area contributed by atoms with Crippen molar-refractivity contribution in [2.24, 2.45) is 0 Å². The number of benzene rings is 1. The van der Waals surface area contributed by atoms with E-state index in [9.17, 15) is 4.79 Å². The van der Waals surface area contributed by atoms with Crippen LogP contribution in [0.25, 0.3) is 0 Å². The topological polar surface area (TPSA) is 72.5 Å². The number of rotatable bonds is 9. The molecule has 0 unspecified atom stereocenters. The maximum Gasteiger partial charge on any atom is 0.269 e. The van der Waals surface area contributed by atoms with E-state index < -0.39 is 0 Å². The second-order valence-corrected chi connectivity index (χ2v) is 5.21. The van der Waals surface area contributed by atoms with Gasteiger partial charge in [-0.05, 0) is 36.2 Å². The fourth-order valence-electron chi connectivity index (χ4n) is 2.13. The van der Waals surface area contributed by atoms with Crippen molar-refractivity contribution >= 4 is 11.6 Å². The van der Waals surface area contributed by atoms with Gasteiger partial charge in [-0.1, -0.05) is 12.1 Å². The van der Waals surface area contributed by atoms with Crippen LogP contribution in [0.4, 0.5) is 5.69 Å². The highest BCUT2D eigenvalue weighted by Gasteiger charge is 2.06. The van der Waals surface area contributed by atoms with E-state index in [2.05, 4.69) is 15.6 Å². The van der Waals surface area contributed by atoms with Crippen LogP contribution in [0.3, 0.4) is 0 Å². The highest BCUT2D eigenvalue weighted by atomic mass is 16.5. The predicted octanol–water partition coefficient (Wildman–Crippen LogP) is 2.12. The third-order valence-corrected chi connectivity index (χ3v) is 3.49. The van der Waals surface area contributed by atoms with E-state index in [-0.39, 0.29) is 5.91 Å². The van der Waals surface area contributed by atoms with Gasteiger partial charge in [0.05, 0.1) is 25.6 Å². The molecule has 128 valence electrons. The molecule has 0 spiro atoms. The summed E-state index contributed by atoms with van der Waals surface area (Å²) in [6.07, 6.45) is 2.40. The molecule has 0 saturated heterocycles. The molecule has 0 aliphatic rings. The second kappa shape index (κ2) is 9.52. The minimum absolute atomic E-state index is 0.174. The number of ether oxygens (including phenoxy) is 2. The van der Waals surface area contributed by atoms with Crippen LogP contribution >= 0.6 is 0 Å². The van der Waals surface area contributed by atoms with E-state index in [1.165, 1.54) is 0 Å². The molecule has 1 amide bonds. The van der Waals surface area contributed by atoms with Crippen molar-refractivity contribution in [3.63, 3.8) is 0 Å². The number of nitrogens with one attached hydrogen (secondary N) is 2. The zero-order valence-corrected chi connectivity index (χ0v) is 14.0. The highest BCUT2D eigenvalue weighted by Crippen LogP contribution is 2.11. The number of pyridine rings is 1. The second-order valence-electron chi connectivity index (χ2n) is 5.21. The van der Waals surface area contributed by atoms with Crippen molar-refractivity contribution in [1.82, 2.24) is 10.3 Å². The molecule has 0 radical (unpaired) electrons. The van der Waals surface area contributed by atoms with Crippen LogP contribution in [-0.2, 0) is 11.2 Å². The summed E-state index contributed by atoms with van der Waals surface area (Å²) in [5.74, 6) is 0.651. The smallest absolute Gasteiger partial charge is 0.269 e. The molecule has 6 heteroatoms. The van der Waals surface area contributed by atoms with Crippen LogP contribution in [0.1, 0.15) is 16.1 Å². The molecule has 0 aliphatic carbocycles. The molecule has 0 fully saturated rings. The van der Waals surface area contributed by atoms with E-state index in [0.29, 0.717) is 25.4 Å². The maximum absolute atomic E-state index is 12.1. The standard InChI is InChI=1S/C18H23N3O3/c1-23-12-11-19-15-5-8-17(21-13-15)18(22)20-10-9-14-3-6-16(24-2)7-4-14/h3-8,13,19H,9-12H2,1-2H3,(H,20,22). The van der Waals surface area contributed by atoms with E-state index in [0.717, 1.165) is 23.4 Å². The van der Waals surface area contributed by atoms with Crippen molar-refractivity contribution in [1.29, 1.82) is 0 Å². The molecule has 1 aromatic heterocycles. The zero-order chi connectivity index (χ0) is 17.2. The Morgan fingerprint density at radius 3 is 2.50 bits per heavy atom. The van der Waals surface area contributed by atoms with Gasteiger partial charge in [0, 0.05) is 20.2 Å². The van der Waals surface area contributed by atoms with Gasteiger partial charge in [-0.2, -0.15) is 0 Å². The molecule has 2 aromatic rings. The Labute approximate surface area is 142 Å². The van der Waals surface area contributed by atoms with E-state index in [1.807, 2.05) is 30.3 Å². The average molecular weight is 329 g/mol. The van der Waals surface area contributed by atoms with Crippen molar-refractivity contribution in [3.05, 3.63) is 53.9 Å². The summed E-state index contributed by atoms with van der Waals surface area (Å²) < 4.78 is 10.1. The molecular weight excluding hydrogens is 306 g/mol. The number of hydrogen-bond acceptors (Lipinski definition) is 5. The van der Waals surface area contributed by atoms with E-state index in [1.54, 1.807) is 26.5 Å². The number of amides is 1. The third kappa shape index (κ3) is 5.55. The lowest BCUT2D eigenvalue weighted by molar-refractivity contribution is 0.0949. The van der Waals surface area contributed by atoms with Gasteiger partial charge in [0.15, 0.2) is 0 Å². The van der Waals surface area contributed by atoms with Gasteiger partial charge in [0.1, 0.15) is 11.4 Å². The van der Waals surface area contributed by atoms with Gasteiger partial charge in [0.25, 0.3) is 5.91 Å². The molecule has 2 rings (SSSR count). The molecule has 1 heterocycles. The van der Waals surface area contributed by atoms with Gasteiger partial charge in [-0.25, -0.2) is 4.98 Å². The fourth-order valence-corrected chi connectivity index (χ4v) is 2.13. The number of aromatic nitrogens is 1. The summed E-state index contributed by atoms with van der Waals surface area (Å²) in [5.41, 5.74) is 2.41. The molecule has 0 atom stereocenters. The molecule has 0 aliphatic heterocycles. The summed E-state index contributed by atoms with van der Waals surface area (Å²) in [4.78, 5) is 16.2. The van der Waals surface area contributed by atoms with Crippen LogP contribution in [-0.4, -0.2) is 44.8 Å². The molecular formula is C18H23N3O3. The largest absolute Gasteiger partial charge is 0.497 e. The lowest BCUT2D eigenvalue weighted by Crippen LogP contribution is -2.26. The first-order chi connectivity index (χ1) is 11.7. The summed E-state index contributed by atoms with van der Waals surface area (Å²) in [6, 6.07) is 11.3. The lowest BCUT2D eigenvalue weighted by atomic mass is 10.1. The number of anilines is 1. The first kappa shape index (κ1) is 17.7. The van der Waals surface area contributed by atoms with Crippen molar-refractivity contribution in [2.75, 3.05) is 39.2 Å². The van der Waals surface area contributed by atoms with Crippen LogP contribution < -0.4 is 15.4 Å². The number of carbonyl (C=O) groups excluding carboxylic acids is 1. The predicted molar refractivity (Wildman–Crippen MR) is 93.6 cm³/mol. The van der Waals surface area contributed by atoms with Crippen LogP contribution in [0.15, 0.2) is 42.6 Å². The number of carbonyl (C=O) groups is 1. The normalized spacial score (nSPS) is 10.2. The highest BCUT2D eigenvalue weighted by molar-refractivity contribution is 5.92. The van der Waals surface area contributed by atoms with Gasteiger partial charge in [-0.15, -0.1) is 0 Å². The third-order valence-electron chi connectivity index (χ3n) is 3.49. The summed E-state index contributed by atoms with van der Waals surface area (Å²) in [5, 5.41) is 6.03. The number of methoxy groups -OCH3 is 2. The molecule has 6 nitrogen and oxygen atoms in total. The minimum atomic E-state index is -0.174. The number of nitrogens with zero attached hydrogens (tertiary/aromatic N) is 1.